The molecule has 0 radical (unpaired) electrons. The number of likely N-dealkylation sites (N-methyl/N-ethyl adjacent to an activating group) is 1. The van der Waals surface area contributed by atoms with Crippen molar-refractivity contribution in [1.29, 1.82) is 0 Å². The van der Waals surface area contributed by atoms with Gasteiger partial charge in [-0.05, 0) is 50.7 Å². The van der Waals surface area contributed by atoms with Crippen molar-refractivity contribution in [3.05, 3.63) is 29.8 Å². The molecule has 1 aromatic carbocycles. The molecule has 1 aromatic rings. The number of carbonyl (C=O) groups excluding carboxylic acids is 3. The maximum Gasteiger partial charge on any atom is 0.204 e. The molecule has 1 amide bonds. The summed E-state index contributed by atoms with van der Waals surface area (Å²) in [5.41, 5.74) is 11.4. The van der Waals surface area contributed by atoms with Gasteiger partial charge in [-0.15, -0.1) is 0 Å². The Labute approximate surface area is 182 Å². The first-order valence-corrected chi connectivity index (χ1v) is 9.76. The van der Waals surface area contributed by atoms with E-state index in [9.17, 15) is 9.59 Å². The van der Waals surface area contributed by atoms with Crippen molar-refractivity contribution in [2.24, 2.45) is 17.4 Å². The first-order chi connectivity index (χ1) is 14.3. The fraction of sp³-hybridized carbons (Fsp3) is 0.571. The number of aldehydes is 2. The van der Waals surface area contributed by atoms with Crippen molar-refractivity contribution in [3.63, 3.8) is 0 Å². The number of benzene rings is 1. The molecule has 0 aromatic heterocycles. The average Bonchev–Trinajstić information content (AvgIpc) is 2.76. The number of amides is 1. The highest BCUT2D eigenvalue weighted by Crippen LogP contribution is 2.07. The Hall–Kier alpha value is -2.33. The summed E-state index contributed by atoms with van der Waals surface area (Å²) in [5.74, 6) is 0.275. The Morgan fingerprint density at radius 2 is 1.53 bits per heavy atom. The van der Waals surface area contributed by atoms with E-state index in [-0.39, 0.29) is 25.0 Å². The normalized spacial score (nSPS) is 9.50. The van der Waals surface area contributed by atoms with Crippen LogP contribution in [0.15, 0.2) is 24.3 Å². The monoisotopic (exact) mass is 429 g/mol. The van der Waals surface area contributed by atoms with Crippen LogP contribution in [-0.4, -0.2) is 64.4 Å². The van der Waals surface area contributed by atoms with E-state index in [0.29, 0.717) is 6.54 Å². The average molecular weight is 430 g/mol. The van der Waals surface area contributed by atoms with Crippen LogP contribution < -0.4 is 27.4 Å². The van der Waals surface area contributed by atoms with Gasteiger partial charge in [-0.25, -0.2) is 0 Å². The van der Waals surface area contributed by atoms with E-state index in [1.54, 1.807) is 7.05 Å². The molecule has 1 rings (SSSR count). The third-order valence-corrected chi connectivity index (χ3v) is 3.14. The van der Waals surface area contributed by atoms with Crippen LogP contribution in [0.3, 0.4) is 0 Å². The number of carbonyl (C=O) groups is 3. The minimum atomic E-state index is -0.278. The highest BCUT2D eigenvalue weighted by molar-refractivity contribution is 5.57. The van der Waals surface area contributed by atoms with Crippen LogP contribution in [0.2, 0.25) is 0 Å². The van der Waals surface area contributed by atoms with Crippen LogP contribution in [0.1, 0.15) is 32.8 Å². The highest BCUT2D eigenvalue weighted by atomic mass is 16.3. The molecular formula is C21H43N5O4. The Bertz CT molecular complexity index is 446. The van der Waals surface area contributed by atoms with Gasteiger partial charge in [0.2, 0.25) is 6.41 Å². The van der Waals surface area contributed by atoms with E-state index in [2.05, 4.69) is 28.6 Å². The molecular weight excluding hydrogens is 386 g/mol. The number of rotatable bonds is 8. The molecule has 0 saturated heterocycles. The first-order valence-electron chi connectivity index (χ1n) is 9.76. The van der Waals surface area contributed by atoms with Gasteiger partial charge in [-0.3, -0.25) is 4.79 Å². The van der Waals surface area contributed by atoms with E-state index in [0.717, 1.165) is 30.4 Å². The molecule has 0 fully saturated rings. The number of anilines is 1. The molecule has 30 heavy (non-hydrogen) atoms. The summed E-state index contributed by atoms with van der Waals surface area (Å²) in [5, 5.41) is 17.3. The Kier molecular flexibility index (Phi) is 36.7. The van der Waals surface area contributed by atoms with Gasteiger partial charge < -0.3 is 42.1 Å². The minimum absolute atomic E-state index is 0.115. The predicted molar refractivity (Wildman–Crippen MR) is 125 cm³/mol. The predicted octanol–water partition coefficient (Wildman–Crippen LogP) is 0.511. The molecule has 1 atom stereocenters. The zero-order valence-electron chi connectivity index (χ0n) is 19.4. The highest BCUT2D eigenvalue weighted by Gasteiger charge is 2.02. The van der Waals surface area contributed by atoms with Crippen LogP contribution in [0, 0.1) is 5.92 Å². The molecule has 0 aliphatic rings. The Balaban J connectivity index is -0.000000150. The summed E-state index contributed by atoms with van der Waals surface area (Å²) >= 11 is 0. The maximum atomic E-state index is 9.82. The lowest BCUT2D eigenvalue weighted by Crippen LogP contribution is -2.27. The topological polar surface area (TPSA) is 160 Å². The number of hydrogen-bond donors (Lipinski definition) is 6. The molecule has 0 spiro atoms. The lowest BCUT2D eigenvalue weighted by atomic mass is 10.1. The van der Waals surface area contributed by atoms with Crippen LogP contribution in [0.5, 0.6) is 0 Å². The zero-order chi connectivity index (χ0) is 24.2. The number of nitrogens with one attached hydrogen (secondary N) is 3. The second-order valence-corrected chi connectivity index (χ2v) is 6.03. The van der Waals surface area contributed by atoms with Crippen LogP contribution >= 0.6 is 0 Å². The lowest BCUT2D eigenvalue weighted by Gasteiger charge is -2.04. The maximum absolute atomic E-state index is 9.82. The second-order valence-electron chi connectivity index (χ2n) is 6.03. The number of hydrogen-bond acceptors (Lipinski definition) is 8. The molecule has 0 heterocycles. The molecule has 0 aliphatic carbocycles. The van der Waals surface area contributed by atoms with Crippen molar-refractivity contribution in [2.75, 3.05) is 39.5 Å². The van der Waals surface area contributed by atoms with Gasteiger partial charge in [0.05, 0.1) is 19.2 Å². The first kappa shape index (κ1) is 35.1. The van der Waals surface area contributed by atoms with Gasteiger partial charge in [-0.1, -0.05) is 32.9 Å². The van der Waals surface area contributed by atoms with Crippen molar-refractivity contribution < 1.29 is 19.5 Å². The van der Waals surface area contributed by atoms with Crippen molar-refractivity contribution >= 4 is 24.7 Å². The molecule has 1 unspecified atom stereocenters. The molecule has 9 heteroatoms. The van der Waals surface area contributed by atoms with Crippen molar-refractivity contribution in [2.45, 2.75) is 39.8 Å². The molecule has 0 aliphatic heterocycles. The zero-order valence-corrected chi connectivity index (χ0v) is 19.4. The summed E-state index contributed by atoms with van der Waals surface area (Å²) in [6.07, 6.45) is 3.07. The van der Waals surface area contributed by atoms with Gasteiger partial charge in [0.15, 0.2) is 0 Å². The van der Waals surface area contributed by atoms with Gasteiger partial charge in [0, 0.05) is 12.7 Å². The lowest BCUT2D eigenvalue weighted by molar-refractivity contribution is -0.109. The SMILES string of the molecule is CC(C)C(N)C=O.CCCNC.CNCC=O.CNc1ccc(CO)cc1.NC=O. The molecule has 0 bridgehead atoms. The largest absolute Gasteiger partial charge is 0.392 e. The molecule has 176 valence electrons. The standard InChI is InChI=1S/C8H11NO.C5H11NO.C4H11N.C3H7NO.CH3NO/c1-9-8-4-2-7(6-10)3-5-8;1-4(2)5(6)3-7;1-3-4-5-2;1-4-2-3-5;2-1-3/h2-5,9-10H,6H2,1H3;3-5H,6H2,1-2H3;5H,3-4H2,1-2H3;3-4H,2H2,1H3;1H,(H2,2,3). The van der Waals surface area contributed by atoms with Crippen LogP contribution in [-0.2, 0) is 21.0 Å². The third kappa shape index (κ3) is 33.3. The summed E-state index contributed by atoms with van der Waals surface area (Å²) in [4.78, 5) is 27.7. The van der Waals surface area contributed by atoms with Crippen molar-refractivity contribution in [1.82, 2.24) is 10.6 Å². The quantitative estimate of drug-likeness (QED) is 0.326. The summed E-state index contributed by atoms with van der Waals surface area (Å²) in [7, 11) is 5.56. The van der Waals surface area contributed by atoms with Gasteiger partial charge in [0.1, 0.15) is 12.6 Å². The third-order valence-electron chi connectivity index (χ3n) is 3.14. The van der Waals surface area contributed by atoms with E-state index >= 15 is 0 Å². The van der Waals surface area contributed by atoms with E-state index in [1.165, 1.54) is 6.42 Å². The number of nitrogens with two attached hydrogens (primary N) is 2. The molecule has 8 N–H and O–H groups in total. The number of primary amides is 1. The van der Waals surface area contributed by atoms with Gasteiger partial charge >= 0.3 is 0 Å². The Morgan fingerprint density at radius 3 is 1.67 bits per heavy atom. The van der Waals surface area contributed by atoms with Crippen LogP contribution in [0.4, 0.5) is 5.69 Å². The van der Waals surface area contributed by atoms with Gasteiger partial charge in [-0.2, -0.15) is 0 Å². The minimum Gasteiger partial charge on any atom is -0.392 e. The smallest absolute Gasteiger partial charge is 0.204 e. The van der Waals surface area contributed by atoms with Crippen molar-refractivity contribution in [3.8, 4) is 0 Å². The summed E-state index contributed by atoms with van der Waals surface area (Å²) in [6.45, 7) is 7.69. The van der Waals surface area contributed by atoms with Crippen LogP contribution in [0.25, 0.3) is 0 Å². The number of aliphatic hydroxyl groups is 1. The van der Waals surface area contributed by atoms with E-state index in [1.807, 2.05) is 52.2 Å². The molecule has 0 saturated carbocycles. The Morgan fingerprint density at radius 1 is 1.03 bits per heavy atom. The fourth-order valence-corrected chi connectivity index (χ4v) is 1.27. The molecule has 9 nitrogen and oxygen atoms in total. The summed E-state index contributed by atoms with van der Waals surface area (Å²) in [6, 6.07) is 7.38. The summed E-state index contributed by atoms with van der Waals surface area (Å²) < 4.78 is 0. The van der Waals surface area contributed by atoms with E-state index < -0.39 is 0 Å². The number of aliphatic hydroxyl groups excluding tert-OH is 1. The second kappa shape index (κ2) is 31.4. The van der Waals surface area contributed by atoms with E-state index in [4.69, 9.17) is 15.6 Å². The van der Waals surface area contributed by atoms with Gasteiger partial charge in [0.25, 0.3) is 0 Å². The fourth-order valence-electron chi connectivity index (χ4n) is 1.27.